The van der Waals surface area contributed by atoms with Gasteiger partial charge in [-0.3, -0.25) is 0 Å². The third-order valence-electron chi connectivity index (χ3n) is 3.71. The van der Waals surface area contributed by atoms with Crippen LogP contribution in [-0.2, 0) is 0 Å². The van der Waals surface area contributed by atoms with Gasteiger partial charge in [-0.05, 0) is 18.8 Å². The van der Waals surface area contributed by atoms with Crippen molar-refractivity contribution < 1.29 is 0 Å². The Bertz CT molecular complexity index is 642. The zero-order chi connectivity index (χ0) is 13.1. The normalized spacial score (nSPS) is 17.0. The summed E-state index contributed by atoms with van der Waals surface area (Å²) in [5.74, 6) is 0.705. The lowest BCUT2D eigenvalue weighted by Crippen LogP contribution is -2.02. The highest BCUT2D eigenvalue weighted by atomic mass is 15.2. The van der Waals surface area contributed by atoms with E-state index >= 15 is 0 Å². The van der Waals surface area contributed by atoms with Crippen LogP contribution in [0.1, 0.15) is 43.2 Å². The highest BCUT2D eigenvalue weighted by Crippen LogP contribution is 2.25. The van der Waals surface area contributed by atoms with Crippen LogP contribution in [0, 0.1) is 17.2 Å². The van der Waals surface area contributed by atoms with Gasteiger partial charge in [-0.15, -0.1) is 0 Å². The van der Waals surface area contributed by atoms with E-state index in [0.717, 1.165) is 5.56 Å². The van der Waals surface area contributed by atoms with Crippen molar-refractivity contribution in [1.29, 1.82) is 5.26 Å². The highest BCUT2D eigenvalue weighted by Gasteiger charge is 2.10. The van der Waals surface area contributed by atoms with Gasteiger partial charge < -0.3 is 0 Å². The summed E-state index contributed by atoms with van der Waals surface area (Å²) in [6, 6.07) is 2.09. The number of nitrogens with zero attached hydrogens (tertiary/aromatic N) is 4. The largest absolute Gasteiger partial charge is 0.235 e. The molecule has 4 nitrogen and oxygen atoms in total. The van der Waals surface area contributed by atoms with E-state index in [1.165, 1.54) is 32.1 Å². The number of fused-ring (bicyclic) bond motifs is 1. The van der Waals surface area contributed by atoms with Gasteiger partial charge in [0.15, 0.2) is 5.65 Å². The van der Waals surface area contributed by atoms with Crippen molar-refractivity contribution in [2.75, 3.05) is 0 Å². The van der Waals surface area contributed by atoms with Crippen LogP contribution in [0.5, 0.6) is 0 Å². The average Bonchev–Trinajstić information content (AvgIpc) is 2.88. The minimum atomic E-state index is 0.516. The summed E-state index contributed by atoms with van der Waals surface area (Å²) in [5, 5.41) is 13.1. The summed E-state index contributed by atoms with van der Waals surface area (Å²) in [6.45, 7) is 0. The van der Waals surface area contributed by atoms with E-state index in [4.69, 9.17) is 5.26 Å². The molecule has 4 heteroatoms. The molecule has 0 aliphatic heterocycles. The highest BCUT2D eigenvalue weighted by molar-refractivity contribution is 5.56. The third kappa shape index (κ3) is 2.50. The molecule has 1 fully saturated rings. The Balaban J connectivity index is 1.81. The first kappa shape index (κ1) is 11.9. The third-order valence-corrected chi connectivity index (χ3v) is 3.71. The van der Waals surface area contributed by atoms with E-state index < -0.39 is 0 Å². The monoisotopic (exact) mass is 252 g/mol. The average molecular weight is 252 g/mol. The van der Waals surface area contributed by atoms with Crippen molar-refractivity contribution >= 4 is 11.7 Å². The number of hydrogen-bond acceptors (Lipinski definition) is 3. The zero-order valence-corrected chi connectivity index (χ0v) is 10.8. The van der Waals surface area contributed by atoms with Gasteiger partial charge in [0.25, 0.3) is 0 Å². The lowest BCUT2D eigenvalue weighted by molar-refractivity contribution is 0.420. The Labute approximate surface area is 112 Å². The molecule has 96 valence electrons. The predicted octanol–water partition coefficient (Wildman–Crippen LogP) is 3.19. The van der Waals surface area contributed by atoms with E-state index in [2.05, 4.69) is 28.3 Å². The van der Waals surface area contributed by atoms with Crippen molar-refractivity contribution in [2.24, 2.45) is 5.92 Å². The van der Waals surface area contributed by atoms with Crippen molar-refractivity contribution in [3.05, 3.63) is 35.8 Å². The summed E-state index contributed by atoms with van der Waals surface area (Å²) in [6.07, 6.45) is 16.3. The second-order valence-electron chi connectivity index (χ2n) is 5.08. The number of hydrogen-bond donors (Lipinski definition) is 0. The van der Waals surface area contributed by atoms with Crippen LogP contribution in [0.15, 0.2) is 24.7 Å². The van der Waals surface area contributed by atoms with Gasteiger partial charge in [-0.25, -0.2) is 9.50 Å². The second-order valence-corrected chi connectivity index (χ2v) is 5.08. The molecule has 1 saturated carbocycles. The lowest BCUT2D eigenvalue weighted by atomic mass is 9.89. The Kier molecular flexibility index (Phi) is 3.28. The minimum absolute atomic E-state index is 0.516. The molecule has 0 radical (unpaired) electrons. The van der Waals surface area contributed by atoms with Crippen molar-refractivity contribution in [1.82, 2.24) is 14.6 Å². The quantitative estimate of drug-likeness (QED) is 0.824. The van der Waals surface area contributed by atoms with Gasteiger partial charge in [-0.1, -0.05) is 31.4 Å². The van der Waals surface area contributed by atoms with E-state index in [1.54, 1.807) is 16.9 Å². The fourth-order valence-corrected chi connectivity index (χ4v) is 2.63. The molecule has 0 bridgehead atoms. The van der Waals surface area contributed by atoms with Crippen molar-refractivity contribution in [2.45, 2.75) is 32.1 Å². The molecule has 2 aromatic heterocycles. The standard InChI is InChI=1S/C15H16N4/c16-8-14-10-18-19-11-13(9-17-15(14)19)7-6-12-4-2-1-3-5-12/h6-7,9-12H,1-5H2/b7-6+. The first-order valence-corrected chi connectivity index (χ1v) is 6.78. The van der Waals surface area contributed by atoms with Gasteiger partial charge in [-0.2, -0.15) is 10.4 Å². The molecule has 0 amide bonds. The molecule has 2 heterocycles. The Morgan fingerprint density at radius 2 is 2.11 bits per heavy atom. The molecule has 3 rings (SSSR count). The molecule has 2 aromatic rings. The second kappa shape index (κ2) is 5.23. The van der Waals surface area contributed by atoms with Crippen LogP contribution in [0.4, 0.5) is 0 Å². The molecule has 0 N–H and O–H groups in total. The number of nitriles is 1. The van der Waals surface area contributed by atoms with Crippen LogP contribution in [0.3, 0.4) is 0 Å². The lowest BCUT2D eigenvalue weighted by Gasteiger charge is -2.17. The topological polar surface area (TPSA) is 54.0 Å². The summed E-state index contributed by atoms with van der Waals surface area (Å²) < 4.78 is 1.67. The van der Waals surface area contributed by atoms with E-state index in [0.29, 0.717) is 17.1 Å². The van der Waals surface area contributed by atoms with Gasteiger partial charge in [0.1, 0.15) is 11.6 Å². The van der Waals surface area contributed by atoms with Crippen molar-refractivity contribution in [3.63, 3.8) is 0 Å². The molecule has 0 aromatic carbocycles. The van der Waals surface area contributed by atoms with Crippen LogP contribution in [-0.4, -0.2) is 14.6 Å². The van der Waals surface area contributed by atoms with Crippen LogP contribution in [0.25, 0.3) is 11.7 Å². The summed E-state index contributed by atoms with van der Waals surface area (Å²) in [7, 11) is 0. The molecule has 0 unspecified atom stereocenters. The SMILES string of the molecule is N#Cc1cnn2cc(/C=C/C3CCCCC3)cnc12. The summed E-state index contributed by atoms with van der Waals surface area (Å²) >= 11 is 0. The first-order chi connectivity index (χ1) is 9.36. The molecule has 0 saturated heterocycles. The molecule has 1 aliphatic rings. The molecular formula is C15H16N4. The van der Waals surface area contributed by atoms with Crippen LogP contribution in [0.2, 0.25) is 0 Å². The van der Waals surface area contributed by atoms with Crippen molar-refractivity contribution in [3.8, 4) is 6.07 Å². The van der Waals surface area contributed by atoms with E-state index in [-0.39, 0.29) is 0 Å². The zero-order valence-electron chi connectivity index (χ0n) is 10.8. The summed E-state index contributed by atoms with van der Waals surface area (Å²) in [4.78, 5) is 4.30. The summed E-state index contributed by atoms with van der Waals surface area (Å²) in [5.41, 5.74) is 2.17. The number of allylic oxidation sites excluding steroid dienone is 1. The maximum Gasteiger partial charge on any atom is 0.172 e. The van der Waals surface area contributed by atoms with Crippen LogP contribution < -0.4 is 0 Å². The van der Waals surface area contributed by atoms with Crippen LogP contribution >= 0.6 is 0 Å². The Morgan fingerprint density at radius 3 is 2.89 bits per heavy atom. The first-order valence-electron chi connectivity index (χ1n) is 6.78. The smallest absolute Gasteiger partial charge is 0.172 e. The molecular weight excluding hydrogens is 236 g/mol. The van der Waals surface area contributed by atoms with E-state index in [9.17, 15) is 0 Å². The molecule has 0 atom stereocenters. The van der Waals surface area contributed by atoms with Gasteiger partial charge in [0.2, 0.25) is 0 Å². The molecule has 0 spiro atoms. The number of aromatic nitrogens is 3. The predicted molar refractivity (Wildman–Crippen MR) is 73.3 cm³/mol. The van der Waals surface area contributed by atoms with Gasteiger partial charge in [0, 0.05) is 18.0 Å². The van der Waals surface area contributed by atoms with Gasteiger partial charge >= 0.3 is 0 Å². The Hall–Kier alpha value is -2.15. The van der Waals surface area contributed by atoms with Gasteiger partial charge in [0.05, 0.1) is 6.20 Å². The minimum Gasteiger partial charge on any atom is -0.235 e. The fourth-order valence-electron chi connectivity index (χ4n) is 2.63. The maximum absolute atomic E-state index is 8.91. The number of rotatable bonds is 2. The molecule has 1 aliphatic carbocycles. The fraction of sp³-hybridized carbons (Fsp3) is 0.400. The Morgan fingerprint density at radius 1 is 1.26 bits per heavy atom. The molecule has 19 heavy (non-hydrogen) atoms. The maximum atomic E-state index is 8.91. The van der Waals surface area contributed by atoms with E-state index in [1.807, 2.05) is 6.20 Å².